The lowest BCUT2D eigenvalue weighted by Crippen LogP contribution is -2.56. The quantitative estimate of drug-likeness (QED) is 0.921. The first-order chi connectivity index (χ1) is 9.66. The molecule has 1 unspecified atom stereocenters. The Labute approximate surface area is 119 Å². The third kappa shape index (κ3) is 2.73. The summed E-state index contributed by atoms with van der Waals surface area (Å²) in [6.07, 6.45) is 0. The SMILES string of the molecule is Cc1noc(CN2CCNC(C)(c3ccccc3)C2)n1. The van der Waals surface area contributed by atoms with Gasteiger partial charge in [-0.25, -0.2) is 0 Å². The zero-order valence-corrected chi connectivity index (χ0v) is 12.0. The Hall–Kier alpha value is -1.72. The van der Waals surface area contributed by atoms with Crippen molar-refractivity contribution >= 4 is 0 Å². The molecule has 5 nitrogen and oxygen atoms in total. The lowest BCUT2D eigenvalue weighted by atomic mass is 9.89. The Morgan fingerprint density at radius 3 is 2.85 bits per heavy atom. The predicted octanol–water partition coefficient (Wildman–Crippen LogP) is 1.70. The first-order valence-corrected chi connectivity index (χ1v) is 6.98. The van der Waals surface area contributed by atoms with Gasteiger partial charge in [0.05, 0.1) is 12.1 Å². The lowest BCUT2D eigenvalue weighted by Gasteiger charge is -2.41. The van der Waals surface area contributed by atoms with Crippen LogP contribution in [0.15, 0.2) is 34.9 Å². The summed E-state index contributed by atoms with van der Waals surface area (Å²) >= 11 is 0. The number of hydrogen-bond donors (Lipinski definition) is 1. The maximum atomic E-state index is 5.22. The zero-order valence-electron chi connectivity index (χ0n) is 12.0. The van der Waals surface area contributed by atoms with Crippen LogP contribution in [0.5, 0.6) is 0 Å². The molecule has 1 atom stereocenters. The van der Waals surface area contributed by atoms with Crippen molar-refractivity contribution in [1.82, 2.24) is 20.4 Å². The second kappa shape index (κ2) is 5.34. The number of nitrogens with one attached hydrogen (secondary N) is 1. The third-order valence-corrected chi connectivity index (χ3v) is 3.82. The smallest absolute Gasteiger partial charge is 0.240 e. The van der Waals surface area contributed by atoms with Crippen molar-refractivity contribution in [2.45, 2.75) is 25.9 Å². The van der Waals surface area contributed by atoms with Gasteiger partial charge in [-0.05, 0) is 19.4 Å². The molecule has 0 spiro atoms. The van der Waals surface area contributed by atoms with Crippen molar-refractivity contribution in [3.8, 4) is 0 Å². The van der Waals surface area contributed by atoms with Crippen LogP contribution in [0.25, 0.3) is 0 Å². The lowest BCUT2D eigenvalue weighted by molar-refractivity contribution is 0.123. The van der Waals surface area contributed by atoms with E-state index >= 15 is 0 Å². The molecule has 0 amide bonds. The molecule has 1 aliphatic heterocycles. The molecular weight excluding hydrogens is 252 g/mol. The summed E-state index contributed by atoms with van der Waals surface area (Å²) in [4.78, 5) is 6.64. The summed E-state index contributed by atoms with van der Waals surface area (Å²) in [5, 5.41) is 7.47. The highest BCUT2D eigenvalue weighted by atomic mass is 16.5. The van der Waals surface area contributed by atoms with E-state index in [1.54, 1.807) is 0 Å². The van der Waals surface area contributed by atoms with Gasteiger partial charge in [-0.15, -0.1) is 0 Å². The standard InChI is InChI=1S/C15H20N4O/c1-12-17-14(20-18-12)10-19-9-8-16-15(2,11-19)13-6-4-3-5-7-13/h3-7,16H,8-11H2,1-2H3. The second-order valence-electron chi connectivity index (χ2n) is 5.57. The highest BCUT2D eigenvalue weighted by Gasteiger charge is 2.32. The Morgan fingerprint density at radius 2 is 2.15 bits per heavy atom. The fourth-order valence-electron chi connectivity index (χ4n) is 2.80. The molecule has 1 fully saturated rings. The molecule has 2 aromatic rings. The largest absolute Gasteiger partial charge is 0.338 e. The molecule has 0 aliphatic carbocycles. The molecule has 1 aliphatic rings. The van der Waals surface area contributed by atoms with Crippen LogP contribution in [0.1, 0.15) is 24.2 Å². The Kier molecular flexibility index (Phi) is 3.54. The van der Waals surface area contributed by atoms with Gasteiger partial charge in [0.1, 0.15) is 0 Å². The second-order valence-corrected chi connectivity index (χ2v) is 5.57. The highest BCUT2D eigenvalue weighted by Crippen LogP contribution is 2.24. The summed E-state index contributed by atoms with van der Waals surface area (Å²) in [7, 11) is 0. The summed E-state index contributed by atoms with van der Waals surface area (Å²) in [5.41, 5.74) is 1.28. The molecule has 1 N–H and O–H groups in total. The van der Waals surface area contributed by atoms with Crippen LogP contribution in [0.3, 0.4) is 0 Å². The van der Waals surface area contributed by atoms with Gasteiger partial charge in [-0.1, -0.05) is 35.5 Å². The van der Waals surface area contributed by atoms with Crippen LogP contribution in [-0.2, 0) is 12.1 Å². The molecule has 0 saturated carbocycles. The minimum atomic E-state index is -0.0332. The highest BCUT2D eigenvalue weighted by molar-refractivity contribution is 5.24. The van der Waals surface area contributed by atoms with E-state index in [-0.39, 0.29) is 5.54 Å². The number of nitrogens with zero attached hydrogens (tertiary/aromatic N) is 3. The minimum absolute atomic E-state index is 0.0332. The molecule has 0 bridgehead atoms. The molecule has 0 radical (unpaired) electrons. The van der Waals surface area contributed by atoms with E-state index in [0.717, 1.165) is 19.6 Å². The van der Waals surface area contributed by atoms with Crippen molar-refractivity contribution in [3.05, 3.63) is 47.6 Å². The Bertz CT molecular complexity index is 568. The number of hydrogen-bond acceptors (Lipinski definition) is 5. The van der Waals surface area contributed by atoms with Gasteiger partial charge >= 0.3 is 0 Å². The van der Waals surface area contributed by atoms with Gasteiger partial charge in [-0.3, -0.25) is 4.90 Å². The zero-order chi connectivity index (χ0) is 14.0. The van der Waals surface area contributed by atoms with E-state index in [1.807, 2.05) is 6.92 Å². The fourth-order valence-corrected chi connectivity index (χ4v) is 2.80. The Balaban J connectivity index is 1.73. The number of rotatable bonds is 3. The predicted molar refractivity (Wildman–Crippen MR) is 76.1 cm³/mol. The number of aromatic nitrogens is 2. The monoisotopic (exact) mass is 272 g/mol. The maximum absolute atomic E-state index is 5.22. The first-order valence-electron chi connectivity index (χ1n) is 6.98. The molecule has 1 aromatic heterocycles. The average molecular weight is 272 g/mol. The van der Waals surface area contributed by atoms with Crippen molar-refractivity contribution in [3.63, 3.8) is 0 Å². The van der Waals surface area contributed by atoms with Crippen molar-refractivity contribution in [1.29, 1.82) is 0 Å². The van der Waals surface area contributed by atoms with Crippen LogP contribution in [-0.4, -0.2) is 34.7 Å². The molecule has 5 heteroatoms. The average Bonchev–Trinajstić information content (AvgIpc) is 2.85. The summed E-state index contributed by atoms with van der Waals surface area (Å²) < 4.78 is 5.22. The van der Waals surface area contributed by atoms with E-state index in [1.165, 1.54) is 5.56 Å². The normalized spacial score (nSPS) is 23.9. The van der Waals surface area contributed by atoms with Crippen molar-refractivity contribution in [2.24, 2.45) is 0 Å². The van der Waals surface area contributed by atoms with Gasteiger partial charge < -0.3 is 9.84 Å². The molecule has 20 heavy (non-hydrogen) atoms. The van der Waals surface area contributed by atoms with E-state index in [0.29, 0.717) is 18.3 Å². The van der Waals surface area contributed by atoms with E-state index in [4.69, 9.17) is 4.52 Å². The van der Waals surface area contributed by atoms with Crippen molar-refractivity contribution < 1.29 is 4.52 Å². The maximum Gasteiger partial charge on any atom is 0.240 e. The molecule has 1 saturated heterocycles. The van der Waals surface area contributed by atoms with Gasteiger partial charge in [-0.2, -0.15) is 4.98 Å². The van der Waals surface area contributed by atoms with Crippen LogP contribution >= 0.6 is 0 Å². The molecule has 106 valence electrons. The van der Waals surface area contributed by atoms with Gasteiger partial charge in [0.15, 0.2) is 5.82 Å². The number of benzene rings is 1. The van der Waals surface area contributed by atoms with Gasteiger partial charge in [0, 0.05) is 19.6 Å². The fraction of sp³-hybridized carbons (Fsp3) is 0.467. The number of aryl methyl sites for hydroxylation is 1. The van der Waals surface area contributed by atoms with Crippen LogP contribution in [0.4, 0.5) is 0 Å². The van der Waals surface area contributed by atoms with E-state index < -0.39 is 0 Å². The molecular formula is C15H20N4O. The van der Waals surface area contributed by atoms with Crippen LogP contribution < -0.4 is 5.32 Å². The molecule has 2 heterocycles. The summed E-state index contributed by atoms with van der Waals surface area (Å²) in [6, 6.07) is 10.6. The number of piperazine rings is 1. The van der Waals surface area contributed by atoms with Gasteiger partial charge in [0.25, 0.3) is 0 Å². The van der Waals surface area contributed by atoms with Crippen molar-refractivity contribution in [2.75, 3.05) is 19.6 Å². The van der Waals surface area contributed by atoms with Crippen LogP contribution in [0, 0.1) is 6.92 Å². The van der Waals surface area contributed by atoms with Gasteiger partial charge in [0.2, 0.25) is 5.89 Å². The first kappa shape index (κ1) is 13.3. The topological polar surface area (TPSA) is 54.2 Å². The van der Waals surface area contributed by atoms with E-state index in [9.17, 15) is 0 Å². The van der Waals surface area contributed by atoms with Crippen LogP contribution in [0.2, 0.25) is 0 Å². The Morgan fingerprint density at radius 1 is 1.35 bits per heavy atom. The molecule has 3 rings (SSSR count). The summed E-state index contributed by atoms with van der Waals surface area (Å²) in [6.45, 7) is 7.68. The molecule has 1 aromatic carbocycles. The summed E-state index contributed by atoms with van der Waals surface area (Å²) in [5.74, 6) is 1.39. The van der Waals surface area contributed by atoms with E-state index in [2.05, 4.69) is 57.6 Å². The minimum Gasteiger partial charge on any atom is -0.338 e. The third-order valence-electron chi connectivity index (χ3n) is 3.82.